The largest absolute Gasteiger partial charge is 0.491 e. The van der Waals surface area contributed by atoms with Crippen LogP contribution in [0, 0.1) is 0 Å². The van der Waals surface area contributed by atoms with Gasteiger partial charge in [-0.25, -0.2) is 10.3 Å². The Morgan fingerprint density at radius 3 is 1.44 bits per heavy atom. The van der Waals surface area contributed by atoms with E-state index in [9.17, 15) is 62.4 Å². The van der Waals surface area contributed by atoms with Crippen molar-refractivity contribution in [2.45, 2.75) is 56.4 Å². The first-order valence-corrected chi connectivity index (χ1v) is 22.3. The SMILES string of the molecule is CC(=O)[C@@H](COc1cc(C(F)(F)F)ccc1[C@@H]1CC(=O)c2cccc(Cl)c2O1)NS(N)(=O)=O.NS(=O)(=O)N[C@H](COc1cc(C(F)(F)F)ccc1[C@H]1CC(=O)c2cccc(Cl)c2O1)C(=O)O. The van der Waals surface area contributed by atoms with Crippen molar-refractivity contribution in [2.75, 3.05) is 13.2 Å². The van der Waals surface area contributed by atoms with Gasteiger partial charge in [-0.3, -0.25) is 19.2 Å². The standard InChI is InChI=1S/C20H18ClF3N2O6S.C19H16ClF3N2O7S/c1-10(27)15(26-33(25,29)30)9-31-17-7-11(20(22,23)24)5-6-13(17)18-8-16(28)12-3-2-4-14(21)19(12)32-18;20-12-3-1-2-10-14(26)7-16(32-17(10)12)11-5-4-9(19(21,22)23)6-15(11)31-8-13(18(27)28)25-33(24,29)30/h2-7,15,18,26H,8-9H2,1H3,(H2,25,29,30);1-6,13,16,25H,7-8H2,(H,27,28)(H2,24,29,30)/t15-,18+;13-,16-/m11/s1. The molecule has 6 rings (SSSR count). The van der Waals surface area contributed by atoms with Crippen molar-refractivity contribution in [1.82, 2.24) is 9.44 Å². The minimum atomic E-state index is -4.76. The number of alkyl halides is 6. The summed E-state index contributed by atoms with van der Waals surface area (Å²) in [7, 11) is -8.75. The van der Waals surface area contributed by atoms with Crippen molar-refractivity contribution in [1.29, 1.82) is 0 Å². The highest BCUT2D eigenvalue weighted by molar-refractivity contribution is 7.87. The van der Waals surface area contributed by atoms with Crippen molar-refractivity contribution in [3.05, 3.63) is 116 Å². The fourth-order valence-electron chi connectivity index (χ4n) is 6.30. The van der Waals surface area contributed by atoms with E-state index in [0.717, 1.165) is 31.2 Å². The van der Waals surface area contributed by atoms with Gasteiger partial charge in [0.05, 0.1) is 45.1 Å². The van der Waals surface area contributed by atoms with E-state index in [0.29, 0.717) is 12.1 Å². The van der Waals surface area contributed by atoms with Crippen LogP contribution in [0.2, 0.25) is 10.0 Å². The number of fused-ring (bicyclic) bond motifs is 2. The predicted molar refractivity (Wildman–Crippen MR) is 220 cm³/mol. The second-order valence-electron chi connectivity index (χ2n) is 14.2. The maximum atomic E-state index is 13.3. The third kappa shape index (κ3) is 13.3. The Labute approximate surface area is 380 Å². The molecule has 0 amide bonds. The van der Waals surface area contributed by atoms with Crippen LogP contribution in [-0.2, 0) is 42.4 Å². The summed E-state index contributed by atoms with van der Waals surface area (Å²) in [6.45, 7) is -0.503. The molecule has 2 heterocycles. The predicted octanol–water partition coefficient (Wildman–Crippen LogP) is 5.89. The minimum Gasteiger partial charge on any atom is -0.491 e. The number of carboxylic acids is 1. The first-order chi connectivity index (χ1) is 30.5. The number of nitrogens with two attached hydrogens (primary N) is 2. The topological polar surface area (TPSA) is 270 Å². The summed E-state index contributed by atoms with van der Waals surface area (Å²) in [5.41, 5.74) is -1.64. The number of ketones is 3. The Balaban J connectivity index is 0.000000247. The molecule has 0 radical (unpaired) electrons. The lowest BCUT2D eigenvalue weighted by Crippen LogP contribution is -2.47. The molecule has 0 aromatic heterocycles. The van der Waals surface area contributed by atoms with Crippen molar-refractivity contribution < 1.29 is 86.4 Å². The minimum absolute atomic E-state index is 0.00154. The Hall–Kier alpha value is -5.54. The zero-order valence-electron chi connectivity index (χ0n) is 33.4. The fourth-order valence-corrected chi connectivity index (χ4v) is 7.94. The monoisotopic (exact) mass is 1010 g/mol. The van der Waals surface area contributed by atoms with Gasteiger partial charge in [0, 0.05) is 11.1 Å². The molecule has 0 saturated heterocycles. The summed E-state index contributed by atoms with van der Waals surface area (Å²) in [5.74, 6) is -3.75. The number of halogens is 8. The second kappa shape index (κ2) is 20.1. The van der Waals surface area contributed by atoms with Gasteiger partial charge in [0.2, 0.25) is 0 Å². The summed E-state index contributed by atoms with van der Waals surface area (Å²) in [5, 5.41) is 19.1. The molecule has 356 valence electrons. The molecule has 4 aromatic rings. The third-order valence-electron chi connectivity index (χ3n) is 9.39. The van der Waals surface area contributed by atoms with Crippen LogP contribution in [-0.4, -0.2) is 70.6 Å². The number of ether oxygens (including phenoxy) is 4. The van der Waals surface area contributed by atoms with Gasteiger partial charge < -0.3 is 24.1 Å². The van der Waals surface area contributed by atoms with Gasteiger partial charge in [-0.05, 0) is 55.5 Å². The highest BCUT2D eigenvalue weighted by Gasteiger charge is 2.37. The van der Waals surface area contributed by atoms with Gasteiger partial charge in [0.25, 0.3) is 20.4 Å². The van der Waals surface area contributed by atoms with Crippen LogP contribution in [0.15, 0.2) is 72.8 Å². The average molecular weight is 1020 g/mol. The molecule has 66 heavy (non-hydrogen) atoms. The summed E-state index contributed by atoms with van der Waals surface area (Å²) >= 11 is 12.2. The lowest BCUT2D eigenvalue weighted by Gasteiger charge is -2.28. The van der Waals surface area contributed by atoms with Gasteiger partial charge in [0.1, 0.15) is 54.5 Å². The Morgan fingerprint density at radius 2 is 1.09 bits per heavy atom. The van der Waals surface area contributed by atoms with Crippen molar-refractivity contribution in [3.63, 3.8) is 0 Å². The first kappa shape index (κ1) is 51.4. The van der Waals surface area contributed by atoms with Crippen LogP contribution < -0.4 is 38.7 Å². The molecule has 7 N–H and O–H groups in total. The van der Waals surface area contributed by atoms with Gasteiger partial charge >= 0.3 is 18.3 Å². The van der Waals surface area contributed by atoms with E-state index in [1.165, 1.54) is 24.3 Å². The van der Waals surface area contributed by atoms with Gasteiger partial charge in [-0.2, -0.15) is 52.6 Å². The zero-order chi connectivity index (χ0) is 49.1. The van der Waals surface area contributed by atoms with Gasteiger partial charge in [-0.15, -0.1) is 0 Å². The summed E-state index contributed by atoms with van der Waals surface area (Å²) in [6, 6.07) is 10.7. The highest BCUT2D eigenvalue weighted by atomic mass is 35.5. The number of Topliss-reactive ketones (excluding diaryl/α,β-unsaturated/α-hetero) is 3. The molecule has 2 aliphatic rings. The molecule has 4 aromatic carbocycles. The first-order valence-electron chi connectivity index (χ1n) is 18.5. The number of para-hydroxylation sites is 2. The molecule has 0 saturated carbocycles. The number of hydrogen-bond acceptors (Lipinski definition) is 12. The number of carbonyl (C=O) groups excluding carboxylic acids is 3. The van der Waals surface area contributed by atoms with E-state index < -0.39 is 98.9 Å². The maximum absolute atomic E-state index is 13.3. The molecular formula is C39H34Cl2F6N4O13S2. The average Bonchev–Trinajstić information content (AvgIpc) is 3.20. The number of hydrogen-bond donors (Lipinski definition) is 5. The summed E-state index contributed by atoms with van der Waals surface area (Å²) in [6.07, 6.45) is -12.1. The van der Waals surface area contributed by atoms with Crippen molar-refractivity contribution >= 4 is 66.9 Å². The molecule has 17 nitrogen and oxygen atoms in total. The number of nitrogens with one attached hydrogen (secondary N) is 2. The molecule has 0 unspecified atom stereocenters. The Bertz CT molecular complexity index is 2590. The van der Waals surface area contributed by atoms with E-state index in [1.54, 1.807) is 16.9 Å². The van der Waals surface area contributed by atoms with Crippen LogP contribution >= 0.6 is 23.2 Å². The fraction of sp³-hybridized carbons (Fsp3) is 0.282. The maximum Gasteiger partial charge on any atom is 0.416 e. The molecule has 2 aliphatic heterocycles. The number of benzene rings is 4. The summed E-state index contributed by atoms with van der Waals surface area (Å²) < 4.78 is 150. The van der Waals surface area contributed by atoms with E-state index in [-0.39, 0.29) is 74.0 Å². The molecule has 0 bridgehead atoms. The quantitative estimate of drug-likeness (QED) is 0.0925. The smallest absolute Gasteiger partial charge is 0.416 e. The zero-order valence-corrected chi connectivity index (χ0v) is 36.6. The summed E-state index contributed by atoms with van der Waals surface area (Å²) in [4.78, 5) is 48.2. The Morgan fingerprint density at radius 1 is 0.712 bits per heavy atom. The third-order valence-corrected chi connectivity index (χ3v) is 11.2. The normalized spacial score (nSPS) is 17.1. The highest BCUT2D eigenvalue weighted by Crippen LogP contribution is 2.45. The van der Waals surface area contributed by atoms with E-state index >= 15 is 0 Å². The van der Waals surface area contributed by atoms with E-state index in [1.807, 2.05) is 4.72 Å². The molecule has 0 spiro atoms. The van der Waals surface area contributed by atoms with Gasteiger partial charge in [-0.1, -0.05) is 47.5 Å². The molecular weight excluding hydrogens is 981 g/mol. The Kier molecular flexibility index (Phi) is 15.7. The number of carboxylic acid groups (broad SMARTS) is 1. The molecule has 27 heteroatoms. The number of carbonyl (C=O) groups is 4. The van der Waals surface area contributed by atoms with Crippen molar-refractivity contribution in [3.8, 4) is 23.0 Å². The number of aliphatic carboxylic acids is 1. The van der Waals surface area contributed by atoms with E-state index in [4.69, 9.17) is 57.5 Å². The molecule has 0 fully saturated rings. The van der Waals surface area contributed by atoms with Crippen LogP contribution in [0.1, 0.15) is 74.9 Å². The van der Waals surface area contributed by atoms with Crippen LogP contribution in [0.25, 0.3) is 0 Å². The van der Waals surface area contributed by atoms with Crippen LogP contribution in [0.4, 0.5) is 26.3 Å². The lowest BCUT2D eigenvalue weighted by molar-refractivity contribution is -0.140. The van der Waals surface area contributed by atoms with Crippen LogP contribution in [0.5, 0.6) is 23.0 Å². The van der Waals surface area contributed by atoms with Crippen LogP contribution in [0.3, 0.4) is 0 Å². The molecule has 4 atom stereocenters. The second-order valence-corrected chi connectivity index (χ2v) is 17.7. The lowest BCUT2D eigenvalue weighted by atomic mass is 9.95. The van der Waals surface area contributed by atoms with E-state index in [2.05, 4.69) is 0 Å². The van der Waals surface area contributed by atoms with Gasteiger partial charge in [0.15, 0.2) is 23.4 Å². The van der Waals surface area contributed by atoms with Crippen molar-refractivity contribution in [2.24, 2.45) is 10.3 Å². The molecule has 0 aliphatic carbocycles. The number of rotatable bonds is 14.